The van der Waals surface area contributed by atoms with E-state index in [4.69, 9.17) is 9.84 Å². The second kappa shape index (κ2) is 7.89. The van der Waals surface area contributed by atoms with Gasteiger partial charge in [-0.2, -0.15) is 0 Å². The molecule has 0 atom stereocenters. The summed E-state index contributed by atoms with van der Waals surface area (Å²) in [5.74, 6) is -1.36. The van der Waals surface area contributed by atoms with E-state index in [1.807, 2.05) is 0 Å². The van der Waals surface area contributed by atoms with Crippen molar-refractivity contribution in [2.24, 2.45) is 0 Å². The monoisotopic (exact) mass is 306 g/mol. The molecular formula is C16H22N2O4. The minimum atomic E-state index is -1.04. The van der Waals surface area contributed by atoms with E-state index in [1.165, 1.54) is 31.4 Å². The lowest BCUT2D eigenvalue weighted by Crippen LogP contribution is -2.30. The molecule has 120 valence electrons. The predicted octanol–water partition coefficient (Wildman–Crippen LogP) is 2.17. The van der Waals surface area contributed by atoms with Crippen molar-refractivity contribution >= 4 is 11.9 Å². The number of carboxylic acids is 1. The lowest BCUT2D eigenvalue weighted by Gasteiger charge is -2.21. The third-order valence-electron chi connectivity index (χ3n) is 3.84. The number of aromatic nitrogens is 1. The van der Waals surface area contributed by atoms with E-state index in [-0.39, 0.29) is 17.2 Å². The molecule has 1 saturated carbocycles. The number of nitrogens with one attached hydrogen (secondary N) is 1. The third kappa shape index (κ3) is 4.53. The summed E-state index contributed by atoms with van der Waals surface area (Å²) >= 11 is 0. The third-order valence-corrected chi connectivity index (χ3v) is 3.84. The van der Waals surface area contributed by atoms with Crippen molar-refractivity contribution in [1.82, 2.24) is 10.3 Å². The molecule has 1 aliphatic rings. The molecule has 2 N–H and O–H groups in total. The smallest absolute Gasteiger partial charge is 0.337 e. The molecule has 0 saturated heterocycles. The number of pyridine rings is 1. The van der Waals surface area contributed by atoms with Gasteiger partial charge < -0.3 is 15.2 Å². The van der Waals surface area contributed by atoms with E-state index in [2.05, 4.69) is 10.3 Å². The first-order chi connectivity index (χ1) is 10.6. The Morgan fingerprint density at radius 3 is 2.68 bits per heavy atom. The normalized spacial score (nSPS) is 15.5. The molecule has 1 amide bonds. The highest BCUT2D eigenvalue weighted by molar-refractivity contribution is 5.94. The summed E-state index contributed by atoms with van der Waals surface area (Å²) in [4.78, 5) is 26.9. The summed E-state index contributed by atoms with van der Waals surface area (Å²) in [6.45, 7) is 2.49. The highest BCUT2D eigenvalue weighted by Gasteiger charge is 2.15. The van der Waals surface area contributed by atoms with Gasteiger partial charge >= 0.3 is 5.97 Å². The Labute approximate surface area is 129 Å². The number of aromatic carboxylic acids is 1. The maximum atomic E-state index is 12.0. The summed E-state index contributed by atoms with van der Waals surface area (Å²) in [6.07, 6.45) is 6.25. The summed E-state index contributed by atoms with van der Waals surface area (Å²) in [7, 11) is 0. The maximum Gasteiger partial charge on any atom is 0.337 e. The van der Waals surface area contributed by atoms with Crippen LogP contribution in [-0.2, 0) is 4.74 Å². The van der Waals surface area contributed by atoms with Crippen molar-refractivity contribution in [3.63, 3.8) is 0 Å². The number of hydrogen-bond donors (Lipinski definition) is 2. The molecule has 0 aliphatic heterocycles. The summed E-state index contributed by atoms with van der Waals surface area (Å²) in [5.41, 5.74) is 0.663. The number of ether oxygens (including phenoxy) is 1. The van der Waals surface area contributed by atoms with Crippen LogP contribution in [0.1, 0.15) is 58.6 Å². The van der Waals surface area contributed by atoms with Gasteiger partial charge in [0.05, 0.1) is 24.0 Å². The van der Waals surface area contributed by atoms with Crippen LogP contribution < -0.4 is 5.32 Å². The Morgan fingerprint density at radius 2 is 2.05 bits per heavy atom. The minimum absolute atomic E-state index is 0.109. The zero-order valence-corrected chi connectivity index (χ0v) is 12.8. The molecule has 0 aromatic carbocycles. The molecule has 22 heavy (non-hydrogen) atoms. The quantitative estimate of drug-likeness (QED) is 0.786. The number of carboxylic acid groups (broad SMARTS) is 1. The Hall–Kier alpha value is -1.95. The fourth-order valence-electron chi connectivity index (χ4n) is 2.63. The van der Waals surface area contributed by atoms with Crippen molar-refractivity contribution in [3.8, 4) is 0 Å². The molecule has 1 aromatic heterocycles. The summed E-state index contributed by atoms with van der Waals surface area (Å²) in [5, 5.41) is 11.7. The predicted molar refractivity (Wildman–Crippen MR) is 81.1 cm³/mol. The van der Waals surface area contributed by atoms with Crippen LogP contribution in [0.5, 0.6) is 0 Å². The van der Waals surface area contributed by atoms with Crippen LogP contribution in [0.25, 0.3) is 0 Å². The average molecular weight is 306 g/mol. The number of nitrogens with zero attached hydrogens (tertiary/aromatic N) is 1. The van der Waals surface area contributed by atoms with Gasteiger partial charge in [0, 0.05) is 6.54 Å². The Balaban J connectivity index is 1.77. The van der Waals surface area contributed by atoms with Crippen LogP contribution in [0.3, 0.4) is 0 Å². The van der Waals surface area contributed by atoms with E-state index in [1.54, 1.807) is 6.92 Å². The van der Waals surface area contributed by atoms with Gasteiger partial charge in [0.25, 0.3) is 5.91 Å². The van der Waals surface area contributed by atoms with Gasteiger partial charge in [-0.05, 0) is 31.9 Å². The van der Waals surface area contributed by atoms with Crippen molar-refractivity contribution in [3.05, 3.63) is 29.1 Å². The maximum absolute atomic E-state index is 12.0. The highest BCUT2D eigenvalue weighted by atomic mass is 16.5. The number of hydrogen-bond acceptors (Lipinski definition) is 4. The molecule has 0 radical (unpaired) electrons. The number of rotatable bonds is 6. The standard InChI is InChI=1S/C16H22N2O4/c1-11-13(16(20)21)7-8-14(18-11)15(19)17-9-10-22-12-5-3-2-4-6-12/h7-8,12H,2-6,9-10H2,1H3,(H,17,19)(H,20,21). The van der Waals surface area contributed by atoms with Gasteiger partial charge in [-0.15, -0.1) is 0 Å². The molecule has 2 rings (SSSR count). The van der Waals surface area contributed by atoms with Crippen molar-refractivity contribution in [2.75, 3.05) is 13.2 Å². The number of carbonyl (C=O) groups excluding carboxylic acids is 1. The molecule has 0 unspecified atom stereocenters. The van der Waals surface area contributed by atoms with E-state index in [9.17, 15) is 9.59 Å². The first-order valence-corrected chi connectivity index (χ1v) is 7.68. The summed E-state index contributed by atoms with van der Waals surface area (Å²) < 4.78 is 5.73. The molecule has 1 aliphatic carbocycles. The van der Waals surface area contributed by atoms with Crippen LogP contribution in [0.2, 0.25) is 0 Å². The van der Waals surface area contributed by atoms with Crippen LogP contribution in [-0.4, -0.2) is 41.2 Å². The van der Waals surface area contributed by atoms with Gasteiger partial charge in [0.1, 0.15) is 5.69 Å². The molecule has 1 aromatic rings. The minimum Gasteiger partial charge on any atom is -0.478 e. The first-order valence-electron chi connectivity index (χ1n) is 7.68. The topological polar surface area (TPSA) is 88.5 Å². The van der Waals surface area contributed by atoms with Crippen molar-refractivity contribution in [2.45, 2.75) is 45.1 Å². The fourth-order valence-corrected chi connectivity index (χ4v) is 2.63. The van der Waals surface area contributed by atoms with Gasteiger partial charge in [0.15, 0.2) is 0 Å². The summed E-state index contributed by atoms with van der Waals surface area (Å²) in [6, 6.07) is 2.83. The molecule has 1 fully saturated rings. The van der Waals surface area contributed by atoms with Crippen molar-refractivity contribution in [1.29, 1.82) is 0 Å². The largest absolute Gasteiger partial charge is 0.478 e. The highest BCUT2D eigenvalue weighted by Crippen LogP contribution is 2.19. The molecule has 1 heterocycles. The lowest BCUT2D eigenvalue weighted by molar-refractivity contribution is 0.0299. The van der Waals surface area contributed by atoms with Gasteiger partial charge in [-0.1, -0.05) is 19.3 Å². The lowest BCUT2D eigenvalue weighted by atomic mass is 9.98. The Kier molecular flexibility index (Phi) is 5.89. The molecule has 0 spiro atoms. The second-order valence-electron chi connectivity index (χ2n) is 5.52. The van der Waals surface area contributed by atoms with Crippen LogP contribution >= 0.6 is 0 Å². The number of carbonyl (C=O) groups is 2. The molecule has 6 nitrogen and oxygen atoms in total. The van der Waals surface area contributed by atoms with E-state index in [0.29, 0.717) is 24.9 Å². The van der Waals surface area contributed by atoms with Crippen LogP contribution in [0.15, 0.2) is 12.1 Å². The average Bonchev–Trinajstić information content (AvgIpc) is 2.52. The van der Waals surface area contributed by atoms with Gasteiger partial charge in [-0.3, -0.25) is 4.79 Å². The zero-order chi connectivity index (χ0) is 15.9. The Morgan fingerprint density at radius 1 is 1.32 bits per heavy atom. The number of amides is 1. The van der Waals surface area contributed by atoms with E-state index >= 15 is 0 Å². The van der Waals surface area contributed by atoms with Gasteiger partial charge in [0.2, 0.25) is 0 Å². The molecule has 0 bridgehead atoms. The van der Waals surface area contributed by atoms with Crippen LogP contribution in [0, 0.1) is 6.92 Å². The van der Waals surface area contributed by atoms with Crippen molar-refractivity contribution < 1.29 is 19.4 Å². The Bertz CT molecular complexity index is 539. The first kappa shape index (κ1) is 16.4. The molecule has 6 heteroatoms. The number of aryl methyl sites for hydroxylation is 1. The van der Waals surface area contributed by atoms with Crippen LogP contribution in [0.4, 0.5) is 0 Å². The fraction of sp³-hybridized carbons (Fsp3) is 0.562. The van der Waals surface area contributed by atoms with Gasteiger partial charge in [-0.25, -0.2) is 9.78 Å². The SMILES string of the molecule is Cc1nc(C(=O)NCCOC2CCCCC2)ccc1C(=O)O. The zero-order valence-electron chi connectivity index (χ0n) is 12.8. The molecular weight excluding hydrogens is 284 g/mol. The second-order valence-corrected chi connectivity index (χ2v) is 5.52. The van der Waals surface area contributed by atoms with E-state index in [0.717, 1.165) is 12.8 Å². The van der Waals surface area contributed by atoms with E-state index < -0.39 is 5.97 Å².